The number of ether oxygens (including phenoxy) is 2. The first-order chi connectivity index (χ1) is 4.20. The Labute approximate surface area is 57.2 Å². The second kappa shape index (κ2) is 4.77. The summed E-state index contributed by atoms with van der Waals surface area (Å²) >= 11 is 0. The molecule has 0 aromatic rings. The van der Waals surface area contributed by atoms with Gasteiger partial charge in [-0.3, -0.25) is 0 Å². The Morgan fingerprint density at radius 1 is 1.56 bits per heavy atom. The number of methoxy groups -OCH3 is 1. The molecule has 0 spiro atoms. The van der Waals surface area contributed by atoms with Crippen molar-refractivity contribution in [3.8, 4) is 0 Å². The summed E-state index contributed by atoms with van der Waals surface area (Å²) in [7, 11) is 1.58. The summed E-state index contributed by atoms with van der Waals surface area (Å²) in [6.45, 7) is 7.66. The van der Waals surface area contributed by atoms with E-state index in [1.807, 2.05) is 6.92 Å². The maximum absolute atomic E-state index is 5.22. The fraction of sp³-hybridized carbons (Fsp3) is 0.857. The molecule has 0 rings (SSSR count). The van der Waals surface area contributed by atoms with E-state index in [2.05, 4.69) is 13.8 Å². The molecule has 2 unspecified atom stereocenters. The van der Waals surface area contributed by atoms with Crippen molar-refractivity contribution in [2.75, 3.05) is 7.11 Å². The highest BCUT2D eigenvalue weighted by molar-refractivity contribution is 4.49. The molecular weight excluding hydrogens is 116 g/mol. The van der Waals surface area contributed by atoms with E-state index in [1.165, 1.54) is 0 Å². The fourth-order valence-electron chi connectivity index (χ4n) is 0.411. The third-order valence-corrected chi connectivity index (χ3v) is 1.22. The summed E-state index contributed by atoms with van der Waals surface area (Å²) in [6.07, 6.45) is 0.919. The normalized spacial score (nSPS) is 17.3. The number of rotatable bonds is 4. The molecule has 0 bridgehead atoms. The first-order valence-electron chi connectivity index (χ1n) is 3.22. The molecule has 2 nitrogen and oxygen atoms in total. The molecule has 2 heteroatoms. The van der Waals surface area contributed by atoms with Gasteiger partial charge in [0.1, 0.15) is 0 Å². The van der Waals surface area contributed by atoms with Crippen LogP contribution in [0.25, 0.3) is 0 Å². The molecule has 0 fully saturated rings. The molecule has 2 atom stereocenters. The average Bonchev–Trinajstić information content (AvgIpc) is 1.87. The highest BCUT2D eigenvalue weighted by atomic mass is 16.7. The van der Waals surface area contributed by atoms with Gasteiger partial charge in [-0.05, 0) is 13.3 Å². The van der Waals surface area contributed by atoms with Crippen molar-refractivity contribution in [1.29, 1.82) is 0 Å². The van der Waals surface area contributed by atoms with Crippen LogP contribution in [0.3, 0.4) is 0 Å². The minimum Gasteiger partial charge on any atom is -0.356 e. The van der Waals surface area contributed by atoms with Gasteiger partial charge < -0.3 is 9.47 Å². The van der Waals surface area contributed by atoms with E-state index in [0.717, 1.165) is 6.42 Å². The van der Waals surface area contributed by atoms with Crippen molar-refractivity contribution < 1.29 is 9.47 Å². The van der Waals surface area contributed by atoms with Gasteiger partial charge in [0.25, 0.3) is 0 Å². The van der Waals surface area contributed by atoms with Crippen LogP contribution in [-0.4, -0.2) is 19.5 Å². The van der Waals surface area contributed by atoms with E-state index in [1.54, 1.807) is 7.11 Å². The van der Waals surface area contributed by atoms with E-state index in [0.29, 0.717) is 0 Å². The fourth-order valence-corrected chi connectivity index (χ4v) is 0.411. The van der Waals surface area contributed by atoms with E-state index in [4.69, 9.17) is 9.47 Å². The maximum Gasteiger partial charge on any atom is 0.157 e. The van der Waals surface area contributed by atoms with Crippen molar-refractivity contribution in [3.63, 3.8) is 0 Å². The van der Waals surface area contributed by atoms with E-state index >= 15 is 0 Å². The van der Waals surface area contributed by atoms with Crippen LogP contribution in [0.2, 0.25) is 0 Å². The predicted octanol–water partition coefficient (Wildman–Crippen LogP) is 1.61. The molecule has 9 heavy (non-hydrogen) atoms. The Balaban J connectivity index is 3.22. The zero-order valence-corrected chi connectivity index (χ0v) is 6.39. The van der Waals surface area contributed by atoms with Gasteiger partial charge in [-0.25, -0.2) is 0 Å². The monoisotopic (exact) mass is 131 g/mol. The van der Waals surface area contributed by atoms with Crippen LogP contribution < -0.4 is 0 Å². The molecule has 0 aliphatic rings. The van der Waals surface area contributed by atoms with Gasteiger partial charge in [0.05, 0.1) is 6.10 Å². The lowest BCUT2D eigenvalue weighted by Gasteiger charge is -2.15. The second-order valence-electron chi connectivity index (χ2n) is 2.02. The molecule has 0 amide bonds. The van der Waals surface area contributed by atoms with E-state index in [-0.39, 0.29) is 12.4 Å². The molecule has 1 radical (unpaired) electrons. The van der Waals surface area contributed by atoms with Crippen molar-refractivity contribution in [2.24, 2.45) is 0 Å². The minimum absolute atomic E-state index is 0.243. The van der Waals surface area contributed by atoms with Gasteiger partial charge >= 0.3 is 0 Å². The first kappa shape index (κ1) is 8.92. The number of hydrogen-bond donors (Lipinski definition) is 0. The maximum atomic E-state index is 5.22. The van der Waals surface area contributed by atoms with E-state index < -0.39 is 0 Å². The molecule has 0 aromatic heterocycles. The third-order valence-electron chi connectivity index (χ3n) is 1.22. The summed E-state index contributed by atoms with van der Waals surface area (Å²) < 4.78 is 10.0. The lowest BCUT2D eigenvalue weighted by Crippen LogP contribution is -2.17. The van der Waals surface area contributed by atoms with Crippen LogP contribution >= 0.6 is 0 Å². The quantitative estimate of drug-likeness (QED) is 0.540. The zero-order valence-electron chi connectivity index (χ0n) is 6.39. The summed E-state index contributed by atoms with van der Waals surface area (Å²) in [5, 5.41) is 0. The van der Waals surface area contributed by atoms with Gasteiger partial charge in [0, 0.05) is 14.0 Å². The van der Waals surface area contributed by atoms with Crippen molar-refractivity contribution in [3.05, 3.63) is 6.92 Å². The van der Waals surface area contributed by atoms with Gasteiger partial charge in [-0.15, -0.1) is 0 Å². The third kappa shape index (κ3) is 4.43. The average molecular weight is 131 g/mol. The predicted molar refractivity (Wildman–Crippen MR) is 37.0 cm³/mol. The molecular formula is C7H15O2. The van der Waals surface area contributed by atoms with Crippen molar-refractivity contribution in [1.82, 2.24) is 0 Å². The summed E-state index contributed by atoms with van der Waals surface area (Å²) in [4.78, 5) is 0. The van der Waals surface area contributed by atoms with Crippen LogP contribution in [0.15, 0.2) is 0 Å². The first-order valence-corrected chi connectivity index (χ1v) is 3.22. The number of hydrogen-bond acceptors (Lipinski definition) is 2. The Morgan fingerprint density at radius 3 is 2.44 bits per heavy atom. The minimum atomic E-state index is -0.319. The molecule has 0 aromatic carbocycles. The van der Waals surface area contributed by atoms with Crippen LogP contribution in [-0.2, 0) is 9.47 Å². The van der Waals surface area contributed by atoms with Crippen molar-refractivity contribution >= 4 is 0 Å². The summed E-state index contributed by atoms with van der Waals surface area (Å²) in [6, 6.07) is 0. The molecule has 0 saturated heterocycles. The highest BCUT2D eigenvalue weighted by Crippen LogP contribution is 2.00. The standard InChI is InChI=1S/C7H15O2/c1-5-6(2)9-7(3)8-4/h6-7H,3,5H2,1-2,4H3. The molecule has 0 saturated carbocycles. The van der Waals surface area contributed by atoms with Gasteiger partial charge in [-0.1, -0.05) is 6.92 Å². The lowest BCUT2D eigenvalue weighted by atomic mass is 10.3. The lowest BCUT2D eigenvalue weighted by molar-refractivity contribution is -0.123. The Bertz CT molecular complexity index is 55.9. The zero-order chi connectivity index (χ0) is 7.28. The van der Waals surface area contributed by atoms with Crippen LogP contribution in [0.1, 0.15) is 20.3 Å². The second-order valence-corrected chi connectivity index (χ2v) is 2.02. The highest BCUT2D eigenvalue weighted by Gasteiger charge is 2.03. The van der Waals surface area contributed by atoms with Crippen LogP contribution in [0.4, 0.5) is 0 Å². The Hall–Kier alpha value is -0.0800. The molecule has 55 valence electrons. The smallest absolute Gasteiger partial charge is 0.157 e. The molecule has 0 aliphatic carbocycles. The molecule has 0 N–H and O–H groups in total. The van der Waals surface area contributed by atoms with Crippen molar-refractivity contribution in [2.45, 2.75) is 32.7 Å². The topological polar surface area (TPSA) is 18.5 Å². The Morgan fingerprint density at radius 2 is 2.11 bits per heavy atom. The Kier molecular flexibility index (Phi) is 4.72. The van der Waals surface area contributed by atoms with Crippen LogP contribution in [0, 0.1) is 6.92 Å². The van der Waals surface area contributed by atoms with Gasteiger partial charge in [0.15, 0.2) is 6.29 Å². The van der Waals surface area contributed by atoms with Crippen LogP contribution in [0.5, 0.6) is 0 Å². The SMILES string of the molecule is [CH2]C(OC)OC(C)CC. The summed E-state index contributed by atoms with van der Waals surface area (Å²) in [5.74, 6) is 0. The largest absolute Gasteiger partial charge is 0.356 e. The van der Waals surface area contributed by atoms with Gasteiger partial charge in [0.2, 0.25) is 0 Å². The van der Waals surface area contributed by atoms with Gasteiger partial charge in [-0.2, -0.15) is 0 Å². The molecule has 0 aliphatic heterocycles. The summed E-state index contributed by atoms with van der Waals surface area (Å²) in [5.41, 5.74) is 0. The molecule has 0 heterocycles. The van der Waals surface area contributed by atoms with E-state index in [9.17, 15) is 0 Å².